The Morgan fingerprint density at radius 3 is 3.18 bits per heavy atom. The Kier molecular flexibility index (Phi) is 4.63. The third kappa shape index (κ3) is 3.25. The fraction of sp³-hybridized carbons (Fsp3) is 0.600. The molecule has 0 radical (unpaired) electrons. The molecule has 0 bridgehead atoms. The van der Waals surface area contributed by atoms with Crippen LogP contribution in [0.2, 0.25) is 0 Å². The molecule has 2 atom stereocenters. The number of carbonyl (C=O) groups excluding carboxylic acids is 2. The van der Waals surface area contributed by atoms with Crippen LogP contribution >= 0.6 is 11.3 Å². The topological polar surface area (TPSA) is 81.9 Å². The van der Waals surface area contributed by atoms with Crippen LogP contribution in [0.3, 0.4) is 0 Å². The van der Waals surface area contributed by atoms with E-state index in [1.54, 1.807) is 16.2 Å². The third-order valence-electron chi connectivity index (χ3n) is 4.22. The molecule has 22 heavy (non-hydrogen) atoms. The maximum absolute atomic E-state index is 12.0. The lowest BCUT2D eigenvalue weighted by Crippen LogP contribution is -2.42. The van der Waals surface area contributed by atoms with Crippen LogP contribution in [0.25, 0.3) is 0 Å². The maximum atomic E-state index is 12.0. The molecule has 0 spiro atoms. The van der Waals surface area contributed by atoms with E-state index >= 15 is 0 Å². The van der Waals surface area contributed by atoms with Gasteiger partial charge >= 0.3 is 12.0 Å². The van der Waals surface area contributed by atoms with Gasteiger partial charge in [-0.25, -0.2) is 4.79 Å². The first-order valence-corrected chi connectivity index (χ1v) is 8.42. The molecule has 2 amide bonds. The predicted molar refractivity (Wildman–Crippen MR) is 81.6 cm³/mol. The largest absolute Gasteiger partial charge is 0.463 e. The molecule has 1 fully saturated rings. The second kappa shape index (κ2) is 6.66. The minimum Gasteiger partial charge on any atom is -0.463 e. The molecular weight excluding hydrogens is 304 g/mol. The summed E-state index contributed by atoms with van der Waals surface area (Å²) in [7, 11) is 0. The Labute approximate surface area is 133 Å². The van der Waals surface area contributed by atoms with Crippen LogP contribution in [0, 0.1) is 0 Å². The first-order valence-electron chi connectivity index (χ1n) is 7.54. The summed E-state index contributed by atoms with van der Waals surface area (Å²) >= 11 is 1.70. The van der Waals surface area contributed by atoms with Crippen LogP contribution in [0.4, 0.5) is 4.79 Å². The van der Waals surface area contributed by atoms with Crippen LogP contribution in [-0.2, 0) is 20.7 Å². The van der Waals surface area contributed by atoms with E-state index in [2.05, 4.69) is 0 Å². The van der Waals surface area contributed by atoms with Gasteiger partial charge in [-0.1, -0.05) is 0 Å². The van der Waals surface area contributed by atoms with E-state index in [1.165, 1.54) is 4.88 Å². The van der Waals surface area contributed by atoms with Crippen LogP contribution in [0.5, 0.6) is 0 Å². The fourth-order valence-corrected chi connectivity index (χ4v) is 4.01. The predicted octanol–water partition coefficient (Wildman–Crippen LogP) is 1.84. The summed E-state index contributed by atoms with van der Waals surface area (Å²) < 4.78 is 11.0. The fourth-order valence-electron chi connectivity index (χ4n) is 3.09. The molecule has 0 aliphatic carbocycles. The van der Waals surface area contributed by atoms with Crippen molar-refractivity contribution in [2.75, 3.05) is 19.8 Å². The zero-order chi connectivity index (χ0) is 15.5. The normalized spacial score (nSPS) is 24.1. The number of ether oxygens (including phenoxy) is 2. The van der Waals surface area contributed by atoms with Crippen LogP contribution in [0.15, 0.2) is 11.4 Å². The van der Waals surface area contributed by atoms with Gasteiger partial charge in [0, 0.05) is 17.8 Å². The highest BCUT2D eigenvalue weighted by molar-refractivity contribution is 7.10. The number of rotatable bonds is 4. The van der Waals surface area contributed by atoms with Gasteiger partial charge in [0.2, 0.25) is 0 Å². The maximum Gasteiger partial charge on any atom is 0.315 e. The molecule has 1 aromatic rings. The molecule has 6 nitrogen and oxygen atoms in total. The first-order chi connectivity index (χ1) is 10.6. The van der Waals surface area contributed by atoms with Gasteiger partial charge in [-0.15, -0.1) is 11.3 Å². The molecule has 3 rings (SSSR count). The minimum atomic E-state index is -0.447. The zero-order valence-corrected chi connectivity index (χ0v) is 13.1. The minimum absolute atomic E-state index is 0.0922. The van der Waals surface area contributed by atoms with Gasteiger partial charge in [0.15, 0.2) is 0 Å². The van der Waals surface area contributed by atoms with Gasteiger partial charge in [-0.05, 0) is 29.9 Å². The third-order valence-corrected chi connectivity index (χ3v) is 5.22. The van der Waals surface area contributed by atoms with Crippen LogP contribution in [0.1, 0.15) is 35.8 Å². The molecule has 0 saturated carbocycles. The van der Waals surface area contributed by atoms with E-state index in [0.29, 0.717) is 13.2 Å². The van der Waals surface area contributed by atoms with E-state index < -0.39 is 6.03 Å². The molecule has 1 saturated heterocycles. The van der Waals surface area contributed by atoms with Crippen molar-refractivity contribution in [3.8, 4) is 0 Å². The summed E-state index contributed by atoms with van der Waals surface area (Å²) in [5, 5.41) is 2.03. The van der Waals surface area contributed by atoms with E-state index in [4.69, 9.17) is 15.2 Å². The van der Waals surface area contributed by atoms with E-state index in [-0.39, 0.29) is 31.1 Å². The van der Waals surface area contributed by atoms with Crippen LogP contribution < -0.4 is 5.73 Å². The summed E-state index contributed by atoms with van der Waals surface area (Å²) in [6, 6.07) is 1.48. The number of nitrogens with two attached hydrogens (primary N) is 1. The number of hydrogen-bond donors (Lipinski definition) is 1. The van der Waals surface area contributed by atoms with Crippen molar-refractivity contribution in [2.45, 2.75) is 37.8 Å². The Balaban J connectivity index is 1.51. The molecule has 0 aromatic carbocycles. The average Bonchev–Trinajstić information content (AvgIpc) is 3.14. The Hall–Kier alpha value is -1.60. The highest BCUT2D eigenvalue weighted by Crippen LogP contribution is 2.33. The van der Waals surface area contributed by atoms with Gasteiger partial charge in [-0.2, -0.15) is 0 Å². The molecule has 0 unspecified atom stereocenters. The second-order valence-corrected chi connectivity index (χ2v) is 6.62. The number of thiophene rings is 1. The Bertz CT molecular complexity index is 559. The SMILES string of the molecule is NC(=O)N1CCC[C@H]1COC(=O)C[C@@H]1OCCc2sccc21. The second-order valence-electron chi connectivity index (χ2n) is 5.62. The van der Waals surface area contributed by atoms with Crippen molar-refractivity contribution in [2.24, 2.45) is 5.73 Å². The summed E-state index contributed by atoms with van der Waals surface area (Å²) in [6.45, 7) is 1.50. The van der Waals surface area contributed by atoms with Crippen molar-refractivity contribution in [1.82, 2.24) is 4.90 Å². The number of urea groups is 1. The summed E-state index contributed by atoms with van der Waals surface area (Å²) in [6.07, 6.45) is 2.64. The number of primary amides is 1. The van der Waals surface area contributed by atoms with E-state index in [1.807, 2.05) is 11.4 Å². The Morgan fingerprint density at radius 2 is 2.36 bits per heavy atom. The highest BCUT2D eigenvalue weighted by Gasteiger charge is 2.29. The molecule has 2 aliphatic heterocycles. The van der Waals surface area contributed by atoms with Crippen molar-refractivity contribution in [1.29, 1.82) is 0 Å². The van der Waals surface area contributed by atoms with Gasteiger partial charge in [0.25, 0.3) is 0 Å². The standard InChI is InChI=1S/C15H20N2O4S/c16-15(19)17-5-1-2-10(17)9-21-14(18)8-12-11-4-7-22-13(11)3-6-20-12/h4,7,10,12H,1-3,5-6,8-9H2,(H2,16,19)/t10-,12-/m0/s1. The van der Waals surface area contributed by atoms with Crippen molar-refractivity contribution < 1.29 is 19.1 Å². The average molecular weight is 324 g/mol. The number of esters is 1. The number of nitrogens with zero attached hydrogens (tertiary/aromatic N) is 1. The van der Waals surface area contributed by atoms with Gasteiger partial charge in [0.1, 0.15) is 6.61 Å². The lowest BCUT2D eigenvalue weighted by atomic mass is 10.0. The first kappa shape index (κ1) is 15.3. The van der Waals surface area contributed by atoms with Crippen molar-refractivity contribution in [3.05, 3.63) is 21.9 Å². The van der Waals surface area contributed by atoms with Gasteiger partial charge in [-0.3, -0.25) is 4.79 Å². The van der Waals surface area contributed by atoms with Gasteiger partial charge in [0.05, 0.1) is 25.2 Å². The number of likely N-dealkylation sites (tertiary alicyclic amines) is 1. The lowest BCUT2D eigenvalue weighted by molar-refractivity contribution is -0.148. The molecule has 2 aliphatic rings. The summed E-state index contributed by atoms with van der Waals surface area (Å²) in [4.78, 5) is 26.2. The number of amides is 2. The molecule has 1 aromatic heterocycles. The van der Waals surface area contributed by atoms with E-state index in [0.717, 1.165) is 24.8 Å². The van der Waals surface area contributed by atoms with Crippen molar-refractivity contribution >= 4 is 23.3 Å². The lowest BCUT2D eigenvalue weighted by Gasteiger charge is -2.24. The molecule has 2 N–H and O–H groups in total. The van der Waals surface area contributed by atoms with Crippen LogP contribution in [-0.4, -0.2) is 42.7 Å². The quantitative estimate of drug-likeness (QED) is 0.857. The molecule has 7 heteroatoms. The monoisotopic (exact) mass is 324 g/mol. The molecule has 120 valence electrons. The molecule has 3 heterocycles. The van der Waals surface area contributed by atoms with Crippen molar-refractivity contribution in [3.63, 3.8) is 0 Å². The number of carbonyl (C=O) groups is 2. The van der Waals surface area contributed by atoms with E-state index in [9.17, 15) is 9.59 Å². The number of hydrogen-bond acceptors (Lipinski definition) is 5. The smallest absolute Gasteiger partial charge is 0.315 e. The Morgan fingerprint density at radius 1 is 1.50 bits per heavy atom. The summed E-state index contributed by atoms with van der Waals surface area (Å²) in [5.74, 6) is -0.291. The van der Waals surface area contributed by atoms with Gasteiger partial charge < -0.3 is 20.1 Å². The highest BCUT2D eigenvalue weighted by atomic mass is 32.1. The zero-order valence-electron chi connectivity index (χ0n) is 12.3. The summed E-state index contributed by atoms with van der Waals surface area (Å²) in [5.41, 5.74) is 6.42. The number of fused-ring (bicyclic) bond motifs is 1. The molecular formula is C15H20N2O4S.